The quantitative estimate of drug-likeness (QED) is 0.803. The second kappa shape index (κ2) is 7.39. The second-order valence-corrected chi connectivity index (χ2v) is 5.41. The van der Waals surface area contributed by atoms with E-state index in [4.69, 9.17) is 4.74 Å². The van der Waals surface area contributed by atoms with Gasteiger partial charge in [-0.25, -0.2) is 0 Å². The summed E-state index contributed by atoms with van der Waals surface area (Å²) in [5.74, 6) is 0. The Morgan fingerprint density at radius 2 is 2.20 bits per heavy atom. The summed E-state index contributed by atoms with van der Waals surface area (Å²) < 4.78 is 5.06. The third kappa shape index (κ3) is 4.04. The Hall–Kier alpha value is -1.41. The number of nitrogens with one attached hydrogen (secondary N) is 1. The zero-order chi connectivity index (χ0) is 14.3. The van der Waals surface area contributed by atoms with Crippen LogP contribution >= 0.6 is 0 Å². The van der Waals surface area contributed by atoms with Gasteiger partial charge in [0.25, 0.3) is 0 Å². The molecule has 108 valence electrons. The highest BCUT2D eigenvalue weighted by Crippen LogP contribution is 2.22. The molecule has 0 aliphatic carbocycles. The third-order valence-electron chi connectivity index (χ3n) is 3.80. The summed E-state index contributed by atoms with van der Waals surface area (Å²) >= 11 is 0. The maximum Gasteiger partial charge on any atom is 0.119 e. The van der Waals surface area contributed by atoms with Crippen LogP contribution in [0.1, 0.15) is 18.4 Å². The van der Waals surface area contributed by atoms with Crippen molar-refractivity contribution in [2.75, 3.05) is 33.4 Å². The van der Waals surface area contributed by atoms with Crippen LogP contribution in [0.4, 0.5) is 0 Å². The van der Waals surface area contributed by atoms with E-state index in [0.717, 1.165) is 39.0 Å². The Bertz CT molecular complexity index is 443. The number of nitriles is 1. The lowest BCUT2D eigenvalue weighted by Crippen LogP contribution is -2.56. The van der Waals surface area contributed by atoms with Crippen molar-refractivity contribution in [2.45, 2.75) is 24.9 Å². The van der Waals surface area contributed by atoms with Crippen LogP contribution in [-0.4, -0.2) is 43.8 Å². The van der Waals surface area contributed by atoms with Gasteiger partial charge in [-0.05, 0) is 24.9 Å². The van der Waals surface area contributed by atoms with Gasteiger partial charge in [-0.3, -0.25) is 10.2 Å². The first-order valence-electron chi connectivity index (χ1n) is 7.19. The lowest BCUT2D eigenvalue weighted by atomic mass is 9.90. The molecule has 20 heavy (non-hydrogen) atoms. The number of likely N-dealkylation sites (tertiary alicyclic amines) is 1. The van der Waals surface area contributed by atoms with Crippen molar-refractivity contribution in [2.24, 2.45) is 0 Å². The molecule has 4 heteroatoms. The summed E-state index contributed by atoms with van der Waals surface area (Å²) in [7, 11) is 1.68. The first-order valence-corrected chi connectivity index (χ1v) is 7.19. The zero-order valence-electron chi connectivity index (χ0n) is 12.1. The van der Waals surface area contributed by atoms with Crippen LogP contribution < -0.4 is 5.32 Å². The largest absolute Gasteiger partial charge is 0.383 e. The molecule has 0 saturated carbocycles. The van der Waals surface area contributed by atoms with Gasteiger partial charge in [0, 0.05) is 26.7 Å². The van der Waals surface area contributed by atoms with E-state index in [9.17, 15) is 5.26 Å². The molecule has 1 aliphatic heterocycles. The Labute approximate surface area is 121 Å². The molecule has 0 aromatic heterocycles. The monoisotopic (exact) mass is 273 g/mol. The van der Waals surface area contributed by atoms with E-state index in [1.165, 1.54) is 5.56 Å². The van der Waals surface area contributed by atoms with E-state index in [1.54, 1.807) is 7.11 Å². The van der Waals surface area contributed by atoms with Crippen molar-refractivity contribution in [3.63, 3.8) is 0 Å². The maximum atomic E-state index is 9.54. The molecule has 1 heterocycles. The van der Waals surface area contributed by atoms with Crippen LogP contribution in [0.25, 0.3) is 0 Å². The van der Waals surface area contributed by atoms with Gasteiger partial charge >= 0.3 is 0 Å². The average Bonchev–Trinajstić information content (AvgIpc) is 2.49. The van der Waals surface area contributed by atoms with E-state index in [1.807, 2.05) is 6.07 Å². The van der Waals surface area contributed by atoms with Gasteiger partial charge in [-0.2, -0.15) is 5.26 Å². The number of rotatable bonds is 6. The number of methoxy groups -OCH3 is 1. The van der Waals surface area contributed by atoms with E-state index >= 15 is 0 Å². The molecule has 1 unspecified atom stereocenters. The number of benzene rings is 1. The van der Waals surface area contributed by atoms with Crippen LogP contribution in [-0.2, 0) is 11.3 Å². The average molecular weight is 273 g/mol. The normalized spacial score (nSPS) is 23.4. The smallest absolute Gasteiger partial charge is 0.119 e. The predicted molar refractivity (Wildman–Crippen MR) is 79.2 cm³/mol. The van der Waals surface area contributed by atoms with E-state index in [-0.39, 0.29) is 0 Å². The minimum absolute atomic E-state index is 0.425. The fourth-order valence-corrected chi connectivity index (χ4v) is 2.79. The van der Waals surface area contributed by atoms with E-state index < -0.39 is 5.54 Å². The summed E-state index contributed by atoms with van der Waals surface area (Å²) in [6.45, 7) is 4.12. The van der Waals surface area contributed by atoms with Gasteiger partial charge in [0.1, 0.15) is 5.54 Å². The van der Waals surface area contributed by atoms with Crippen LogP contribution in [0.5, 0.6) is 0 Å². The molecule has 4 nitrogen and oxygen atoms in total. The van der Waals surface area contributed by atoms with Crippen molar-refractivity contribution in [1.82, 2.24) is 10.2 Å². The third-order valence-corrected chi connectivity index (χ3v) is 3.80. The second-order valence-electron chi connectivity index (χ2n) is 5.41. The SMILES string of the molecule is COCCNC1(C#N)CCCN(Cc2ccccc2)C1. The van der Waals surface area contributed by atoms with Crippen LogP contribution in [0.15, 0.2) is 30.3 Å². The molecule has 1 aromatic carbocycles. The Kier molecular flexibility index (Phi) is 5.54. The molecule has 1 atom stereocenters. The summed E-state index contributed by atoms with van der Waals surface area (Å²) in [5, 5.41) is 12.9. The number of hydrogen-bond acceptors (Lipinski definition) is 4. The van der Waals surface area contributed by atoms with Crippen molar-refractivity contribution in [3.05, 3.63) is 35.9 Å². The molecule has 0 radical (unpaired) electrons. The molecule has 0 bridgehead atoms. The highest BCUT2D eigenvalue weighted by atomic mass is 16.5. The molecule has 1 aliphatic rings. The molecule has 1 saturated heterocycles. The molecule has 2 rings (SSSR count). The van der Waals surface area contributed by atoms with Crippen molar-refractivity contribution < 1.29 is 4.74 Å². The molecule has 0 amide bonds. The minimum Gasteiger partial charge on any atom is -0.383 e. The van der Waals surface area contributed by atoms with Crippen LogP contribution in [0.3, 0.4) is 0 Å². The Balaban J connectivity index is 1.94. The highest BCUT2D eigenvalue weighted by molar-refractivity contribution is 5.16. The van der Waals surface area contributed by atoms with Crippen LogP contribution in [0, 0.1) is 11.3 Å². The fraction of sp³-hybridized carbons (Fsp3) is 0.562. The number of nitrogens with zero attached hydrogens (tertiary/aromatic N) is 2. The van der Waals surface area contributed by atoms with E-state index in [2.05, 4.69) is 40.6 Å². The van der Waals surface area contributed by atoms with Crippen molar-refractivity contribution >= 4 is 0 Å². The Morgan fingerprint density at radius 1 is 1.40 bits per heavy atom. The molecule has 1 N–H and O–H groups in total. The van der Waals surface area contributed by atoms with Gasteiger partial charge in [0.15, 0.2) is 0 Å². The van der Waals surface area contributed by atoms with Gasteiger partial charge in [0.2, 0.25) is 0 Å². The minimum atomic E-state index is -0.425. The molecule has 1 fully saturated rings. The summed E-state index contributed by atoms with van der Waals surface area (Å²) in [5.41, 5.74) is 0.879. The van der Waals surface area contributed by atoms with Crippen molar-refractivity contribution in [1.29, 1.82) is 5.26 Å². The van der Waals surface area contributed by atoms with Gasteiger partial charge in [0.05, 0.1) is 12.7 Å². The summed E-state index contributed by atoms with van der Waals surface area (Å²) in [4.78, 5) is 2.36. The Morgan fingerprint density at radius 3 is 2.90 bits per heavy atom. The first-order chi connectivity index (χ1) is 9.78. The van der Waals surface area contributed by atoms with Gasteiger partial charge < -0.3 is 4.74 Å². The molecular formula is C16H23N3O. The highest BCUT2D eigenvalue weighted by Gasteiger charge is 2.34. The van der Waals surface area contributed by atoms with Crippen LogP contribution in [0.2, 0.25) is 0 Å². The number of ether oxygens (including phenoxy) is 1. The topological polar surface area (TPSA) is 48.3 Å². The number of piperidine rings is 1. The molecule has 0 spiro atoms. The summed E-state index contributed by atoms with van der Waals surface area (Å²) in [6, 6.07) is 12.9. The van der Waals surface area contributed by atoms with Gasteiger partial charge in [-0.1, -0.05) is 30.3 Å². The van der Waals surface area contributed by atoms with Gasteiger partial charge in [-0.15, -0.1) is 0 Å². The van der Waals surface area contributed by atoms with Crippen molar-refractivity contribution in [3.8, 4) is 6.07 Å². The molecule has 1 aromatic rings. The standard InChI is InChI=1S/C16H23N3O/c1-20-11-9-18-16(13-17)8-5-10-19(14-16)12-15-6-3-2-4-7-15/h2-4,6-7,18H,5,8-12,14H2,1H3. The first kappa shape index (κ1) is 15.0. The fourth-order valence-electron chi connectivity index (χ4n) is 2.79. The predicted octanol–water partition coefficient (Wildman–Crippen LogP) is 1.78. The number of hydrogen-bond donors (Lipinski definition) is 1. The summed E-state index contributed by atoms with van der Waals surface area (Å²) in [6.07, 6.45) is 1.97. The lowest BCUT2D eigenvalue weighted by molar-refractivity contribution is 0.134. The molecular weight excluding hydrogens is 250 g/mol. The lowest BCUT2D eigenvalue weighted by Gasteiger charge is -2.39. The zero-order valence-corrected chi connectivity index (χ0v) is 12.1. The maximum absolute atomic E-state index is 9.54. The van der Waals surface area contributed by atoms with E-state index in [0.29, 0.717) is 6.61 Å².